The lowest BCUT2D eigenvalue weighted by molar-refractivity contribution is 0.104. The van der Waals surface area contributed by atoms with Crippen LogP contribution in [0.2, 0.25) is 0 Å². The van der Waals surface area contributed by atoms with Crippen molar-refractivity contribution in [1.82, 2.24) is 39.4 Å². The molecular weight excluding hydrogens is 634 g/mol. The van der Waals surface area contributed by atoms with Gasteiger partial charge in [0.15, 0.2) is 11.6 Å². The molecule has 0 saturated carbocycles. The number of amides is 1. The largest absolute Gasteiger partial charge is 0.486 e. The number of nitrogens with zero attached hydrogens (tertiary/aromatic N) is 8. The van der Waals surface area contributed by atoms with Crippen LogP contribution in [0.3, 0.4) is 0 Å². The van der Waals surface area contributed by atoms with Crippen LogP contribution in [0.25, 0.3) is 22.7 Å². The van der Waals surface area contributed by atoms with Crippen molar-refractivity contribution in [2.45, 2.75) is 59.0 Å². The highest BCUT2D eigenvalue weighted by Crippen LogP contribution is 2.35. The van der Waals surface area contributed by atoms with E-state index < -0.39 is 30.2 Å². The molecule has 1 unspecified atom stereocenters. The van der Waals surface area contributed by atoms with Gasteiger partial charge in [-0.1, -0.05) is 13.3 Å². The van der Waals surface area contributed by atoms with E-state index in [1.807, 2.05) is 13.8 Å². The molecule has 0 aliphatic carbocycles. The number of pyridine rings is 1. The van der Waals surface area contributed by atoms with Crippen LogP contribution in [0.5, 0.6) is 5.75 Å². The van der Waals surface area contributed by atoms with Crippen molar-refractivity contribution in [3.63, 3.8) is 0 Å². The van der Waals surface area contributed by atoms with Gasteiger partial charge in [-0.3, -0.25) is 4.57 Å². The first-order chi connectivity index (χ1) is 23.1. The number of benzene rings is 1. The van der Waals surface area contributed by atoms with Gasteiger partial charge in [0.2, 0.25) is 0 Å². The maximum absolute atomic E-state index is 14.1. The van der Waals surface area contributed by atoms with Crippen LogP contribution in [0.15, 0.2) is 48.8 Å². The van der Waals surface area contributed by atoms with Gasteiger partial charge in [-0.05, 0) is 56.7 Å². The zero-order valence-electron chi connectivity index (χ0n) is 26.4. The number of likely N-dealkylation sites (tertiary alicyclic amines) is 1. The Labute approximate surface area is 272 Å². The zero-order valence-corrected chi connectivity index (χ0v) is 26.4. The second-order valence-corrected chi connectivity index (χ2v) is 11.4. The molecule has 5 aromatic rings. The Hall–Kier alpha value is -5.28. The molecule has 1 aromatic carbocycles. The van der Waals surface area contributed by atoms with Crippen LogP contribution in [-0.2, 0) is 4.74 Å². The molecule has 1 aliphatic heterocycles. The number of halogens is 4. The number of alkyl halides is 4. The summed E-state index contributed by atoms with van der Waals surface area (Å²) in [5.41, 5.74) is 1.50. The van der Waals surface area contributed by atoms with Crippen molar-refractivity contribution < 1.29 is 31.8 Å². The van der Waals surface area contributed by atoms with Crippen molar-refractivity contribution in [2.24, 2.45) is 0 Å². The lowest BCUT2D eigenvalue weighted by Gasteiger charge is -2.19. The van der Waals surface area contributed by atoms with E-state index in [0.717, 1.165) is 29.3 Å². The topological polar surface area (TPSA) is 125 Å². The molecule has 252 valence electrons. The third-order valence-electron chi connectivity index (χ3n) is 7.83. The van der Waals surface area contributed by atoms with E-state index in [4.69, 9.17) is 9.47 Å². The van der Waals surface area contributed by atoms with Gasteiger partial charge < -0.3 is 19.7 Å². The Kier molecular flexibility index (Phi) is 9.41. The predicted octanol–water partition coefficient (Wildman–Crippen LogP) is 7.02. The van der Waals surface area contributed by atoms with E-state index in [2.05, 4.69) is 30.6 Å². The molecule has 1 atom stereocenters. The van der Waals surface area contributed by atoms with Gasteiger partial charge >= 0.3 is 6.09 Å². The second-order valence-electron chi connectivity index (χ2n) is 11.4. The summed E-state index contributed by atoms with van der Waals surface area (Å²) in [5, 5.41) is 15.4. The number of unbranched alkanes of at least 4 members (excludes halogenated alkanes) is 1. The molecular formula is C32H33F4N9O3. The fourth-order valence-electron chi connectivity index (χ4n) is 5.33. The summed E-state index contributed by atoms with van der Waals surface area (Å²) in [5.74, 6) is 0.789. The van der Waals surface area contributed by atoms with E-state index in [-0.39, 0.29) is 23.4 Å². The van der Waals surface area contributed by atoms with Crippen molar-refractivity contribution >= 4 is 28.6 Å². The summed E-state index contributed by atoms with van der Waals surface area (Å²) in [6, 6.07) is 10.8. The molecule has 0 bridgehead atoms. The number of ether oxygens (including phenoxy) is 2. The fourth-order valence-corrected chi connectivity index (χ4v) is 5.33. The summed E-state index contributed by atoms with van der Waals surface area (Å²) in [7, 11) is 0. The van der Waals surface area contributed by atoms with Crippen molar-refractivity contribution in [3.8, 4) is 17.4 Å². The second kappa shape index (κ2) is 13.8. The average molecular weight is 668 g/mol. The Morgan fingerprint density at radius 2 is 1.90 bits per heavy atom. The Balaban J connectivity index is 1.37. The zero-order chi connectivity index (χ0) is 33.9. The summed E-state index contributed by atoms with van der Waals surface area (Å²) in [6.07, 6.45) is -2.84. The Morgan fingerprint density at radius 3 is 2.60 bits per heavy atom. The molecule has 12 nitrogen and oxygen atoms in total. The molecule has 1 fully saturated rings. The number of aryl methyl sites for hydroxylation is 2. The SMILES string of the molecule is CCCCOC(=O)N1CCC(Oc2cc3c(cc2Nc2ccc(C)nn2)ncn3-c2ccc(C(F)F)c(-n3nc(C(F)F)cc3C)n2)C1. The number of nitrogens with one attached hydrogen (secondary N) is 1. The molecule has 1 saturated heterocycles. The van der Waals surface area contributed by atoms with E-state index in [9.17, 15) is 22.4 Å². The van der Waals surface area contributed by atoms with Gasteiger partial charge in [0.25, 0.3) is 12.9 Å². The van der Waals surface area contributed by atoms with Crippen LogP contribution in [0.4, 0.5) is 33.9 Å². The number of anilines is 2. The third-order valence-corrected chi connectivity index (χ3v) is 7.83. The molecule has 1 N–H and O–H groups in total. The van der Waals surface area contributed by atoms with Gasteiger partial charge in [0, 0.05) is 24.7 Å². The van der Waals surface area contributed by atoms with Gasteiger partial charge in [-0.25, -0.2) is 37.0 Å². The highest BCUT2D eigenvalue weighted by atomic mass is 19.3. The molecule has 6 rings (SSSR count). The molecule has 5 heterocycles. The van der Waals surface area contributed by atoms with E-state index in [1.165, 1.54) is 25.4 Å². The van der Waals surface area contributed by atoms with Crippen LogP contribution in [0.1, 0.15) is 61.7 Å². The summed E-state index contributed by atoms with van der Waals surface area (Å²) >= 11 is 0. The molecule has 4 aromatic heterocycles. The first kappa shape index (κ1) is 32.7. The molecule has 0 radical (unpaired) electrons. The fraction of sp³-hybridized carbons (Fsp3) is 0.375. The van der Waals surface area contributed by atoms with Gasteiger partial charge in [0.1, 0.15) is 29.7 Å². The number of rotatable bonds is 11. The average Bonchev–Trinajstić information content (AvgIpc) is 3.80. The number of carbonyl (C=O) groups is 1. The smallest absolute Gasteiger partial charge is 0.409 e. The number of hydrogen-bond donors (Lipinski definition) is 1. The normalized spacial score (nSPS) is 14.8. The minimum atomic E-state index is -2.94. The lowest BCUT2D eigenvalue weighted by Crippen LogP contribution is -2.31. The molecule has 1 amide bonds. The minimum Gasteiger partial charge on any atom is -0.486 e. The summed E-state index contributed by atoms with van der Waals surface area (Å²) in [4.78, 5) is 23.1. The van der Waals surface area contributed by atoms with Crippen LogP contribution in [-0.4, -0.2) is 71.3 Å². The highest BCUT2D eigenvalue weighted by molar-refractivity contribution is 5.86. The lowest BCUT2D eigenvalue weighted by atomic mass is 10.2. The monoisotopic (exact) mass is 667 g/mol. The predicted molar refractivity (Wildman–Crippen MR) is 168 cm³/mol. The van der Waals surface area contributed by atoms with Crippen LogP contribution in [0, 0.1) is 13.8 Å². The number of carbonyl (C=O) groups excluding carboxylic acids is 1. The number of imidazole rings is 1. The molecule has 1 aliphatic rings. The van der Waals surface area contributed by atoms with Gasteiger partial charge in [-0.15, -0.1) is 5.10 Å². The number of fused-ring (bicyclic) bond motifs is 1. The summed E-state index contributed by atoms with van der Waals surface area (Å²) in [6.45, 7) is 6.46. The van der Waals surface area contributed by atoms with E-state index >= 15 is 0 Å². The van der Waals surface area contributed by atoms with Crippen LogP contribution < -0.4 is 10.1 Å². The quantitative estimate of drug-likeness (QED) is 0.117. The maximum atomic E-state index is 14.1. The van der Waals surface area contributed by atoms with Crippen molar-refractivity contribution in [3.05, 3.63) is 71.4 Å². The Morgan fingerprint density at radius 1 is 1.06 bits per heavy atom. The standard InChI is InChI=1S/C32H33F4N9O3/c1-4-5-12-47-32(46)43-11-10-20(16-43)48-26-15-25-22(14-23(26)38-27-8-6-18(2)40-41-27)37-17-44(25)28-9-7-21(29(33)34)31(39-28)45-19(3)13-24(42-45)30(35)36/h6-9,13-15,17,20,29-30H,4-5,10-12,16H2,1-3H3,(H,38,41). The molecule has 16 heteroatoms. The molecule has 0 spiro atoms. The summed E-state index contributed by atoms with van der Waals surface area (Å²) < 4.78 is 69.3. The van der Waals surface area contributed by atoms with Crippen molar-refractivity contribution in [2.75, 3.05) is 25.0 Å². The van der Waals surface area contributed by atoms with E-state index in [1.54, 1.807) is 33.7 Å². The van der Waals surface area contributed by atoms with Crippen LogP contribution >= 0.6 is 0 Å². The first-order valence-corrected chi connectivity index (χ1v) is 15.4. The highest BCUT2D eigenvalue weighted by Gasteiger charge is 2.30. The first-order valence-electron chi connectivity index (χ1n) is 15.4. The Bertz CT molecular complexity index is 1910. The third kappa shape index (κ3) is 6.87. The van der Waals surface area contributed by atoms with E-state index in [0.29, 0.717) is 54.4 Å². The molecule has 48 heavy (non-hydrogen) atoms. The van der Waals surface area contributed by atoms with Crippen molar-refractivity contribution in [1.29, 1.82) is 0 Å². The minimum absolute atomic E-state index is 0.198. The number of hydrogen-bond acceptors (Lipinski definition) is 9. The van der Waals surface area contributed by atoms with Gasteiger partial charge in [0.05, 0.1) is 41.1 Å². The number of aromatic nitrogens is 7. The maximum Gasteiger partial charge on any atom is 0.409 e. The van der Waals surface area contributed by atoms with Gasteiger partial charge in [-0.2, -0.15) is 10.2 Å².